The molecule has 0 saturated carbocycles. The predicted octanol–water partition coefficient (Wildman–Crippen LogP) is 3.58. The smallest absolute Gasteiger partial charge is 0.228 e. The highest BCUT2D eigenvalue weighted by Crippen LogP contribution is 2.28. The largest absolute Gasteiger partial charge is 0.451 e. The summed E-state index contributed by atoms with van der Waals surface area (Å²) in [7, 11) is 0. The number of halogens is 1. The van der Waals surface area contributed by atoms with E-state index in [0.717, 1.165) is 49.5 Å². The van der Waals surface area contributed by atoms with Crippen LogP contribution in [-0.4, -0.2) is 47.9 Å². The van der Waals surface area contributed by atoms with Gasteiger partial charge in [-0.1, -0.05) is 12.1 Å². The molecule has 1 amide bonds. The van der Waals surface area contributed by atoms with Crippen LogP contribution < -0.4 is 5.32 Å². The van der Waals surface area contributed by atoms with Crippen molar-refractivity contribution in [1.82, 2.24) is 9.88 Å². The van der Waals surface area contributed by atoms with Gasteiger partial charge in [0.05, 0.1) is 18.9 Å². The van der Waals surface area contributed by atoms with Crippen molar-refractivity contribution in [2.24, 2.45) is 0 Å². The van der Waals surface area contributed by atoms with Gasteiger partial charge in [-0.3, -0.25) is 19.5 Å². The molecule has 0 aliphatic carbocycles. The van der Waals surface area contributed by atoms with Gasteiger partial charge in [0.15, 0.2) is 11.3 Å². The molecule has 4 rings (SSSR count). The molecule has 1 aliphatic rings. The molecule has 0 atom stereocenters. The van der Waals surface area contributed by atoms with E-state index in [1.54, 1.807) is 30.3 Å². The van der Waals surface area contributed by atoms with E-state index in [-0.39, 0.29) is 29.9 Å². The summed E-state index contributed by atoms with van der Waals surface area (Å²) >= 11 is 0. The van der Waals surface area contributed by atoms with E-state index in [9.17, 15) is 9.59 Å². The Balaban J connectivity index is 0.00000256. The first kappa shape index (κ1) is 22.0. The average molecular weight is 430 g/mol. The number of nitrogens with zero attached hydrogens (tertiary/aromatic N) is 2. The summed E-state index contributed by atoms with van der Waals surface area (Å²) < 4.78 is 11.3. The Morgan fingerprint density at radius 3 is 2.70 bits per heavy atom. The molecule has 1 fully saturated rings. The van der Waals surface area contributed by atoms with Crippen molar-refractivity contribution in [3.8, 4) is 0 Å². The number of hydrogen-bond acceptors (Lipinski definition) is 6. The second-order valence-corrected chi connectivity index (χ2v) is 7.20. The van der Waals surface area contributed by atoms with Crippen LogP contribution in [0.2, 0.25) is 0 Å². The molecule has 0 spiro atoms. The highest BCUT2D eigenvalue weighted by Gasteiger charge is 2.20. The third-order valence-electron chi connectivity index (χ3n) is 4.99. The number of ether oxygens (including phenoxy) is 1. The Labute approximate surface area is 180 Å². The molecule has 0 bridgehead atoms. The lowest BCUT2D eigenvalue weighted by atomic mass is 10.1. The summed E-state index contributed by atoms with van der Waals surface area (Å²) in [6, 6.07) is 8.63. The minimum Gasteiger partial charge on any atom is -0.451 e. The van der Waals surface area contributed by atoms with Crippen molar-refractivity contribution in [1.29, 1.82) is 0 Å². The standard InChI is InChI=1S/C22H23N3O4.ClH/c1-14-22-19(17(12-23-14)13-25-6-8-28-9-7-25)11-20(29-22)21(27)16-4-3-5-18(10-16)24-15(2)26;/h3-5,10-12H,6-9,13H2,1-2H3,(H,24,26);1H. The lowest BCUT2D eigenvalue weighted by Gasteiger charge is -2.26. The first-order chi connectivity index (χ1) is 14.0. The van der Waals surface area contributed by atoms with E-state index in [1.165, 1.54) is 6.92 Å². The van der Waals surface area contributed by atoms with Crippen molar-refractivity contribution in [3.63, 3.8) is 0 Å². The van der Waals surface area contributed by atoms with Crippen molar-refractivity contribution < 1.29 is 18.7 Å². The number of anilines is 1. The molecule has 8 heteroatoms. The first-order valence-electron chi connectivity index (χ1n) is 9.62. The zero-order chi connectivity index (χ0) is 20.4. The summed E-state index contributed by atoms with van der Waals surface area (Å²) in [5.74, 6) is -0.155. The zero-order valence-electron chi connectivity index (χ0n) is 16.9. The lowest BCUT2D eigenvalue weighted by molar-refractivity contribution is -0.114. The van der Waals surface area contributed by atoms with Crippen LogP contribution in [0.4, 0.5) is 5.69 Å². The number of carbonyl (C=O) groups is 2. The molecule has 1 aromatic carbocycles. The Kier molecular flexibility index (Phi) is 6.87. The summed E-state index contributed by atoms with van der Waals surface area (Å²) in [5.41, 5.74) is 3.44. The van der Waals surface area contributed by atoms with E-state index in [4.69, 9.17) is 9.15 Å². The highest BCUT2D eigenvalue weighted by atomic mass is 35.5. The number of rotatable bonds is 5. The van der Waals surface area contributed by atoms with Gasteiger partial charge in [-0.05, 0) is 30.7 Å². The fourth-order valence-electron chi connectivity index (χ4n) is 3.52. The van der Waals surface area contributed by atoms with E-state index in [0.29, 0.717) is 16.8 Å². The molecule has 1 aliphatic heterocycles. The zero-order valence-corrected chi connectivity index (χ0v) is 17.8. The van der Waals surface area contributed by atoms with Gasteiger partial charge in [0.25, 0.3) is 0 Å². The van der Waals surface area contributed by atoms with Crippen LogP contribution in [0.15, 0.2) is 40.9 Å². The fourth-order valence-corrected chi connectivity index (χ4v) is 3.52. The van der Waals surface area contributed by atoms with Crippen LogP contribution in [0.3, 0.4) is 0 Å². The number of pyridine rings is 1. The summed E-state index contributed by atoms with van der Waals surface area (Å²) in [5, 5.41) is 3.60. The number of nitrogens with one attached hydrogen (secondary N) is 1. The van der Waals surface area contributed by atoms with Gasteiger partial charge in [0.2, 0.25) is 11.7 Å². The number of hydrogen-bond donors (Lipinski definition) is 1. The molecule has 0 unspecified atom stereocenters. The molecule has 2 aromatic heterocycles. The van der Waals surface area contributed by atoms with Gasteiger partial charge in [-0.2, -0.15) is 0 Å². The third-order valence-corrected chi connectivity index (χ3v) is 4.99. The average Bonchev–Trinajstić information content (AvgIpc) is 3.17. The van der Waals surface area contributed by atoms with Gasteiger partial charge in [-0.25, -0.2) is 0 Å². The molecule has 158 valence electrons. The van der Waals surface area contributed by atoms with Crippen molar-refractivity contribution in [2.45, 2.75) is 20.4 Å². The van der Waals surface area contributed by atoms with Crippen LogP contribution in [0.25, 0.3) is 11.0 Å². The van der Waals surface area contributed by atoms with Crippen LogP contribution in [0, 0.1) is 6.92 Å². The SMILES string of the molecule is CC(=O)Nc1cccc(C(=O)c2cc3c(CN4CCOCC4)cnc(C)c3o2)c1.Cl. The molecule has 3 heterocycles. The van der Waals surface area contributed by atoms with Gasteiger partial charge in [0.1, 0.15) is 0 Å². The van der Waals surface area contributed by atoms with E-state index in [2.05, 4.69) is 15.2 Å². The maximum absolute atomic E-state index is 13.0. The quantitative estimate of drug-likeness (QED) is 0.624. The number of furan rings is 1. The minimum atomic E-state index is -0.231. The number of fused-ring (bicyclic) bond motifs is 1. The summed E-state index contributed by atoms with van der Waals surface area (Å²) in [6.45, 7) is 7.22. The minimum absolute atomic E-state index is 0. The van der Waals surface area contributed by atoms with E-state index in [1.807, 2.05) is 13.1 Å². The number of carbonyl (C=O) groups excluding carboxylic acids is 2. The number of benzene rings is 1. The third kappa shape index (κ3) is 4.70. The summed E-state index contributed by atoms with van der Waals surface area (Å²) in [4.78, 5) is 31.1. The van der Waals surface area contributed by atoms with Crippen molar-refractivity contribution in [2.75, 3.05) is 31.6 Å². The van der Waals surface area contributed by atoms with Gasteiger partial charge in [0, 0.05) is 49.4 Å². The van der Waals surface area contributed by atoms with Gasteiger partial charge < -0.3 is 14.5 Å². The Bertz CT molecular complexity index is 1070. The number of ketones is 1. The lowest BCUT2D eigenvalue weighted by Crippen LogP contribution is -2.35. The Morgan fingerprint density at radius 2 is 1.97 bits per heavy atom. The van der Waals surface area contributed by atoms with Gasteiger partial charge in [-0.15, -0.1) is 12.4 Å². The molecular formula is C22H24ClN3O4. The maximum Gasteiger partial charge on any atom is 0.228 e. The molecule has 7 nitrogen and oxygen atoms in total. The molecule has 1 N–H and O–H groups in total. The molecule has 0 radical (unpaired) electrons. The number of aromatic nitrogens is 1. The monoisotopic (exact) mass is 429 g/mol. The molecular weight excluding hydrogens is 406 g/mol. The maximum atomic E-state index is 13.0. The summed E-state index contributed by atoms with van der Waals surface area (Å²) in [6.07, 6.45) is 1.86. The van der Waals surface area contributed by atoms with Crippen LogP contribution >= 0.6 is 12.4 Å². The normalized spacial score (nSPS) is 14.3. The second kappa shape index (κ2) is 9.38. The number of morpholine rings is 1. The van der Waals surface area contributed by atoms with E-state index >= 15 is 0 Å². The first-order valence-corrected chi connectivity index (χ1v) is 9.62. The highest BCUT2D eigenvalue weighted by molar-refractivity contribution is 6.10. The second-order valence-electron chi connectivity index (χ2n) is 7.20. The van der Waals surface area contributed by atoms with Gasteiger partial charge >= 0.3 is 0 Å². The molecule has 30 heavy (non-hydrogen) atoms. The van der Waals surface area contributed by atoms with Crippen molar-refractivity contribution >= 4 is 40.8 Å². The van der Waals surface area contributed by atoms with E-state index < -0.39 is 0 Å². The topological polar surface area (TPSA) is 84.7 Å². The molecule has 3 aromatic rings. The van der Waals surface area contributed by atoms with Crippen molar-refractivity contribution in [3.05, 3.63) is 59.1 Å². The van der Waals surface area contributed by atoms with Crippen LogP contribution in [0.5, 0.6) is 0 Å². The number of aryl methyl sites for hydroxylation is 1. The van der Waals surface area contributed by atoms with Crippen LogP contribution in [0.1, 0.15) is 34.3 Å². The fraction of sp³-hybridized carbons (Fsp3) is 0.318. The predicted molar refractivity (Wildman–Crippen MR) is 116 cm³/mol. The molecule has 1 saturated heterocycles. The Morgan fingerprint density at radius 1 is 1.20 bits per heavy atom. The Hall–Kier alpha value is -2.74. The van der Waals surface area contributed by atoms with Crippen LogP contribution in [-0.2, 0) is 16.1 Å². The number of amides is 1.